The van der Waals surface area contributed by atoms with Gasteiger partial charge in [0, 0.05) is 18.4 Å². The summed E-state index contributed by atoms with van der Waals surface area (Å²) in [5, 5.41) is 15.1. The van der Waals surface area contributed by atoms with Crippen molar-refractivity contribution < 1.29 is 9.90 Å². The first-order valence-electron chi connectivity index (χ1n) is 8.79. The van der Waals surface area contributed by atoms with Gasteiger partial charge in [0.25, 0.3) is 0 Å². The highest BCUT2D eigenvalue weighted by molar-refractivity contribution is 5.76. The summed E-state index contributed by atoms with van der Waals surface area (Å²) in [4.78, 5) is 19.8. The van der Waals surface area contributed by atoms with E-state index in [0.29, 0.717) is 5.82 Å². The highest BCUT2D eigenvalue weighted by atomic mass is 16.4. The Hall–Kier alpha value is -2.63. The van der Waals surface area contributed by atoms with Crippen LogP contribution in [0, 0.1) is 0 Å². The van der Waals surface area contributed by atoms with Gasteiger partial charge in [0.2, 0.25) is 0 Å². The second-order valence-corrected chi connectivity index (χ2v) is 6.45. The Morgan fingerprint density at radius 1 is 1.32 bits per heavy atom. The molecule has 2 aromatic heterocycles. The number of carboxylic acid groups (broad SMARTS) is 1. The maximum absolute atomic E-state index is 10.8. The van der Waals surface area contributed by atoms with Gasteiger partial charge < -0.3 is 15.7 Å². The zero-order chi connectivity index (χ0) is 17.6. The van der Waals surface area contributed by atoms with Crippen molar-refractivity contribution in [2.75, 3.05) is 17.2 Å². The number of anilines is 2. The quantitative estimate of drug-likeness (QED) is 0.718. The third-order valence-corrected chi connectivity index (χ3v) is 4.41. The molecule has 0 amide bonds. The smallest absolute Gasteiger partial charge is 0.325 e. The second-order valence-electron chi connectivity index (χ2n) is 6.45. The minimum absolute atomic E-state index is 0.584. The van der Waals surface area contributed by atoms with Crippen molar-refractivity contribution in [3.8, 4) is 0 Å². The van der Waals surface area contributed by atoms with E-state index in [-0.39, 0.29) is 0 Å². The van der Waals surface area contributed by atoms with E-state index in [2.05, 4.69) is 27.8 Å². The molecule has 0 fully saturated rings. The molecule has 3 rings (SSSR count). The molecule has 1 atom stereocenters. The average Bonchev–Trinajstić information content (AvgIpc) is 2.63. The zero-order valence-electron chi connectivity index (χ0n) is 14.5. The Balaban J connectivity index is 1.49. The molecule has 0 radical (unpaired) electrons. The molecule has 3 heterocycles. The van der Waals surface area contributed by atoms with Gasteiger partial charge in [-0.25, -0.2) is 9.97 Å². The van der Waals surface area contributed by atoms with E-state index in [1.165, 1.54) is 12.0 Å². The third-order valence-electron chi connectivity index (χ3n) is 4.41. The molecule has 3 N–H and O–H groups in total. The van der Waals surface area contributed by atoms with E-state index in [4.69, 9.17) is 10.1 Å². The van der Waals surface area contributed by atoms with Crippen LogP contribution >= 0.6 is 0 Å². The van der Waals surface area contributed by atoms with E-state index in [9.17, 15) is 4.79 Å². The number of hydrogen-bond donors (Lipinski definition) is 3. The van der Waals surface area contributed by atoms with Crippen LogP contribution in [-0.4, -0.2) is 33.6 Å². The van der Waals surface area contributed by atoms with Crippen LogP contribution in [0.5, 0.6) is 0 Å². The normalized spacial score (nSPS) is 14.3. The summed E-state index contributed by atoms with van der Waals surface area (Å²) in [6.07, 6.45) is 6.96. The van der Waals surface area contributed by atoms with Gasteiger partial charge >= 0.3 is 5.97 Å². The number of carboxylic acids is 1. The average molecular weight is 340 g/mol. The van der Waals surface area contributed by atoms with Crippen molar-refractivity contribution in [3.63, 3.8) is 0 Å². The molecule has 1 aliphatic rings. The van der Waals surface area contributed by atoms with Gasteiger partial charge in [0.05, 0.1) is 0 Å². The summed E-state index contributed by atoms with van der Waals surface area (Å²) >= 11 is 0. The monoisotopic (exact) mass is 340 g/mol. The number of hydrogen-bond acceptors (Lipinski definition) is 5. The maximum atomic E-state index is 10.8. The highest BCUT2D eigenvalue weighted by Crippen LogP contribution is 2.20. The van der Waals surface area contributed by atoms with Crippen LogP contribution < -0.4 is 10.6 Å². The number of aliphatic carboxylic acids is 1. The number of carbonyl (C=O) groups is 1. The van der Waals surface area contributed by atoms with Crippen LogP contribution in [0.3, 0.4) is 0 Å². The van der Waals surface area contributed by atoms with Crippen molar-refractivity contribution in [2.45, 2.75) is 45.1 Å². The molecule has 0 bridgehead atoms. The molecule has 0 spiro atoms. The molecule has 0 aromatic carbocycles. The maximum Gasteiger partial charge on any atom is 0.325 e. The topological polar surface area (TPSA) is 87.1 Å². The van der Waals surface area contributed by atoms with Crippen molar-refractivity contribution in [1.29, 1.82) is 0 Å². The zero-order valence-corrected chi connectivity index (χ0v) is 14.5. The van der Waals surface area contributed by atoms with E-state index < -0.39 is 12.0 Å². The van der Waals surface area contributed by atoms with Crippen LogP contribution in [0.4, 0.5) is 11.6 Å². The molecule has 6 nitrogen and oxygen atoms in total. The Morgan fingerprint density at radius 2 is 2.20 bits per heavy atom. The SMILES string of the molecule is C[C@H](Nc1ccc(CCCc2ccc3c(n2)NCCC3)cn1)C(=O)O. The summed E-state index contributed by atoms with van der Waals surface area (Å²) in [7, 11) is 0. The predicted molar refractivity (Wildman–Crippen MR) is 98.0 cm³/mol. The lowest BCUT2D eigenvalue weighted by atomic mass is 10.0. The number of aromatic nitrogens is 2. The molecule has 132 valence electrons. The molecule has 25 heavy (non-hydrogen) atoms. The third kappa shape index (κ3) is 4.68. The van der Waals surface area contributed by atoms with Gasteiger partial charge in [0.1, 0.15) is 17.7 Å². The fourth-order valence-electron chi connectivity index (χ4n) is 2.92. The fraction of sp³-hybridized carbons (Fsp3) is 0.421. The molecule has 0 saturated heterocycles. The minimum Gasteiger partial charge on any atom is -0.480 e. The van der Waals surface area contributed by atoms with E-state index in [1.54, 1.807) is 13.1 Å². The summed E-state index contributed by atoms with van der Waals surface area (Å²) in [6.45, 7) is 2.61. The van der Waals surface area contributed by atoms with Crippen molar-refractivity contribution in [2.24, 2.45) is 0 Å². The number of fused-ring (bicyclic) bond motifs is 1. The van der Waals surface area contributed by atoms with Crippen molar-refractivity contribution in [3.05, 3.63) is 47.3 Å². The number of rotatable bonds is 7. The fourth-order valence-corrected chi connectivity index (χ4v) is 2.92. The van der Waals surface area contributed by atoms with E-state index in [0.717, 1.165) is 49.3 Å². The number of pyridine rings is 2. The summed E-state index contributed by atoms with van der Waals surface area (Å²) in [6, 6.07) is 7.49. The van der Waals surface area contributed by atoms with Gasteiger partial charge in [-0.3, -0.25) is 4.79 Å². The first kappa shape index (κ1) is 17.2. The first-order valence-corrected chi connectivity index (χ1v) is 8.79. The first-order chi connectivity index (χ1) is 12.1. The van der Waals surface area contributed by atoms with Crippen LogP contribution in [-0.2, 0) is 24.1 Å². The standard InChI is InChI=1S/C19H24N4O2/c1-13(19(24)25)22-17-10-7-14(12-21-17)4-2-6-16-9-8-15-5-3-11-20-18(15)23-16/h7-10,12-13H,2-6,11H2,1H3,(H,20,23)(H,21,22)(H,24,25)/t13-/m0/s1. The van der Waals surface area contributed by atoms with E-state index in [1.807, 2.05) is 12.1 Å². The molecule has 0 aliphatic carbocycles. The van der Waals surface area contributed by atoms with Crippen molar-refractivity contribution in [1.82, 2.24) is 9.97 Å². The molecular formula is C19H24N4O2. The second kappa shape index (κ2) is 7.96. The number of nitrogens with zero attached hydrogens (tertiary/aromatic N) is 2. The summed E-state index contributed by atoms with van der Waals surface area (Å²) in [5.74, 6) is 0.743. The van der Waals surface area contributed by atoms with Gasteiger partial charge in [0.15, 0.2) is 0 Å². The highest BCUT2D eigenvalue weighted by Gasteiger charge is 2.11. The van der Waals surface area contributed by atoms with Crippen LogP contribution in [0.15, 0.2) is 30.5 Å². The lowest BCUT2D eigenvalue weighted by Gasteiger charge is -2.17. The molecule has 0 saturated carbocycles. The molecular weight excluding hydrogens is 316 g/mol. The predicted octanol–water partition coefficient (Wildman–Crippen LogP) is 2.90. The molecule has 6 heteroatoms. The summed E-state index contributed by atoms with van der Waals surface area (Å²) in [5.41, 5.74) is 3.58. The van der Waals surface area contributed by atoms with Crippen LogP contribution in [0.1, 0.15) is 36.6 Å². The Kier molecular flexibility index (Phi) is 5.48. The van der Waals surface area contributed by atoms with E-state index >= 15 is 0 Å². The van der Waals surface area contributed by atoms with Crippen molar-refractivity contribution >= 4 is 17.6 Å². The molecule has 1 aliphatic heterocycles. The Bertz CT molecular complexity index is 731. The summed E-state index contributed by atoms with van der Waals surface area (Å²) < 4.78 is 0. The van der Waals surface area contributed by atoms with Crippen LogP contribution in [0.2, 0.25) is 0 Å². The lowest BCUT2D eigenvalue weighted by molar-refractivity contribution is -0.137. The minimum atomic E-state index is -0.891. The largest absolute Gasteiger partial charge is 0.480 e. The molecule has 2 aromatic rings. The molecule has 0 unspecified atom stereocenters. The number of nitrogens with one attached hydrogen (secondary N) is 2. The van der Waals surface area contributed by atoms with Gasteiger partial charge in [-0.1, -0.05) is 12.1 Å². The van der Waals surface area contributed by atoms with Gasteiger partial charge in [-0.05, 0) is 62.3 Å². The van der Waals surface area contributed by atoms with Gasteiger partial charge in [-0.15, -0.1) is 0 Å². The number of aryl methyl sites for hydroxylation is 3. The van der Waals surface area contributed by atoms with Crippen LogP contribution in [0.25, 0.3) is 0 Å². The Labute approximate surface area is 147 Å². The Morgan fingerprint density at radius 3 is 2.96 bits per heavy atom. The van der Waals surface area contributed by atoms with Gasteiger partial charge in [-0.2, -0.15) is 0 Å². The lowest BCUT2D eigenvalue weighted by Crippen LogP contribution is -2.25.